The molecule has 0 bridgehead atoms. The summed E-state index contributed by atoms with van der Waals surface area (Å²) in [6.45, 7) is 4.07. The van der Waals surface area contributed by atoms with Crippen LogP contribution in [0.1, 0.15) is 31.7 Å². The van der Waals surface area contributed by atoms with E-state index in [1.165, 1.54) is 0 Å². The summed E-state index contributed by atoms with van der Waals surface area (Å²) in [5.74, 6) is -0.0972. The van der Waals surface area contributed by atoms with Crippen molar-refractivity contribution in [2.45, 2.75) is 50.0 Å². The third-order valence-electron chi connectivity index (χ3n) is 5.55. The molecule has 0 aliphatic carbocycles. The number of carbonyl (C=O) groups is 1. The molecule has 2 atom stereocenters. The number of aliphatic hydroxyl groups is 1. The summed E-state index contributed by atoms with van der Waals surface area (Å²) in [7, 11) is 0. The van der Waals surface area contributed by atoms with Crippen molar-refractivity contribution in [1.82, 2.24) is 15.1 Å². The molecule has 1 spiro atoms. The SMILES string of the molecule is CC(C)NC(=O)N1CC2(C1)[C@H](c1ccccc1)[C@H](CO)N2CCC(F)(F)F. The Labute approximate surface area is 157 Å². The Morgan fingerprint density at radius 2 is 1.93 bits per heavy atom. The highest BCUT2D eigenvalue weighted by Crippen LogP contribution is 2.54. The molecule has 0 saturated carbocycles. The number of hydrogen-bond acceptors (Lipinski definition) is 3. The summed E-state index contributed by atoms with van der Waals surface area (Å²) in [6, 6.07) is 8.95. The van der Waals surface area contributed by atoms with Gasteiger partial charge in [0.05, 0.1) is 18.6 Å². The maximum atomic E-state index is 12.8. The Bertz CT molecular complexity index is 660. The van der Waals surface area contributed by atoms with E-state index in [4.69, 9.17) is 0 Å². The van der Waals surface area contributed by atoms with Crippen LogP contribution in [0.5, 0.6) is 0 Å². The molecular weight excluding hydrogens is 359 g/mol. The number of aliphatic hydroxyl groups excluding tert-OH is 1. The van der Waals surface area contributed by atoms with Crippen LogP contribution in [0.2, 0.25) is 0 Å². The number of benzene rings is 1. The third-order valence-corrected chi connectivity index (χ3v) is 5.55. The van der Waals surface area contributed by atoms with E-state index in [0.717, 1.165) is 5.56 Å². The summed E-state index contributed by atoms with van der Waals surface area (Å²) < 4.78 is 38.4. The van der Waals surface area contributed by atoms with Gasteiger partial charge in [0.25, 0.3) is 0 Å². The van der Waals surface area contributed by atoms with Crippen LogP contribution in [0.25, 0.3) is 0 Å². The topological polar surface area (TPSA) is 55.8 Å². The summed E-state index contributed by atoms with van der Waals surface area (Å²) in [6.07, 6.45) is -5.18. The highest BCUT2D eigenvalue weighted by atomic mass is 19.4. The molecular formula is C19H26F3N3O2. The van der Waals surface area contributed by atoms with Crippen molar-refractivity contribution >= 4 is 6.03 Å². The van der Waals surface area contributed by atoms with E-state index < -0.39 is 18.1 Å². The van der Waals surface area contributed by atoms with Crippen LogP contribution in [0.15, 0.2) is 30.3 Å². The second-order valence-corrected chi connectivity index (χ2v) is 7.76. The maximum Gasteiger partial charge on any atom is 0.390 e. The van der Waals surface area contributed by atoms with Crippen molar-refractivity contribution in [3.8, 4) is 0 Å². The number of nitrogens with zero attached hydrogens (tertiary/aromatic N) is 2. The van der Waals surface area contributed by atoms with Gasteiger partial charge in [0, 0.05) is 37.6 Å². The van der Waals surface area contributed by atoms with E-state index in [-0.39, 0.29) is 37.2 Å². The number of amides is 2. The first-order valence-corrected chi connectivity index (χ1v) is 9.23. The lowest BCUT2D eigenvalue weighted by Gasteiger charge is -2.70. The average Bonchev–Trinajstić information content (AvgIpc) is 2.52. The van der Waals surface area contributed by atoms with Gasteiger partial charge in [-0.25, -0.2) is 4.79 Å². The summed E-state index contributed by atoms with van der Waals surface area (Å²) in [5.41, 5.74) is 0.442. The lowest BCUT2D eigenvalue weighted by molar-refractivity contribution is -0.199. The van der Waals surface area contributed by atoms with Crippen LogP contribution in [0.4, 0.5) is 18.0 Å². The van der Waals surface area contributed by atoms with Crippen LogP contribution >= 0.6 is 0 Å². The predicted molar refractivity (Wildman–Crippen MR) is 95.4 cm³/mol. The van der Waals surface area contributed by atoms with Gasteiger partial charge < -0.3 is 15.3 Å². The first-order valence-electron chi connectivity index (χ1n) is 9.23. The van der Waals surface area contributed by atoms with Crippen molar-refractivity contribution in [2.24, 2.45) is 0 Å². The largest absolute Gasteiger partial charge is 0.395 e. The fourth-order valence-corrected chi connectivity index (χ4v) is 4.47. The molecule has 0 unspecified atom stereocenters. The number of alkyl halides is 3. The first kappa shape index (κ1) is 19.9. The lowest BCUT2D eigenvalue weighted by Crippen LogP contribution is -2.85. The predicted octanol–water partition coefficient (Wildman–Crippen LogP) is 2.57. The van der Waals surface area contributed by atoms with Gasteiger partial charge in [-0.3, -0.25) is 4.90 Å². The Morgan fingerprint density at radius 1 is 1.30 bits per heavy atom. The van der Waals surface area contributed by atoms with E-state index in [2.05, 4.69) is 5.32 Å². The van der Waals surface area contributed by atoms with Crippen molar-refractivity contribution in [3.05, 3.63) is 35.9 Å². The summed E-state index contributed by atoms with van der Waals surface area (Å²) >= 11 is 0. The molecule has 2 aliphatic heterocycles. The molecule has 2 amide bonds. The van der Waals surface area contributed by atoms with Crippen LogP contribution in [-0.2, 0) is 0 Å². The van der Waals surface area contributed by atoms with Gasteiger partial charge in [-0.15, -0.1) is 0 Å². The van der Waals surface area contributed by atoms with Gasteiger partial charge >= 0.3 is 12.2 Å². The molecule has 27 heavy (non-hydrogen) atoms. The quantitative estimate of drug-likeness (QED) is 0.819. The molecule has 8 heteroatoms. The van der Waals surface area contributed by atoms with Crippen molar-refractivity contribution in [1.29, 1.82) is 0 Å². The number of hydrogen-bond donors (Lipinski definition) is 2. The van der Waals surface area contributed by atoms with Gasteiger partial charge in [-0.1, -0.05) is 30.3 Å². The van der Waals surface area contributed by atoms with Gasteiger partial charge in [0.1, 0.15) is 0 Å². The van der Waals surface area contributed by atoms with Crippen LogP contribution in [0, 0.1) is 0 Å². The number of likely N-dealkylation sites (tertiary alicyclic amines) is 2. The zero-order valence-corrected chi connectivity index (χ0v) is 15.5. The van der Waals surface area contributed by atoms with Gasteiger partial charge in [-0.05, 0) is 19.4 Å². The highest BCUT2D eigenvalue weighted by molar-refractivity contribution is 5.76. The fourth-order valence-electron chi connectivity index (χ4n) is 4.47. The Kier molecular flexibility index (Phi) is 5.40. The molecule has 5 nitrogen and oxygen atoms in total. The Balaban J connectivity index is 1.80. The van der Waals surface area contributed by atoms with Gasteiger partial charge in [0.2, 0.25) is 0 Å². The Hall–Kier alpha value is -1.80. The van der Waals surface area contributed by atoms with Crippen molar-refractivity contribution < 1.29 is 23.1 Å². The average molecular weight is 385 g/mol. The van der Waals surface area contributed by atoms with Crippen LogP contribution in [-0.4, -0.2) is 71.0 Å². The van der Waals surface area contributed by atoms with Gasteiger partial charge in [-0.2, -0.15) is 13.2 Å². The minimum Gasteiger partial charge on any atom is -0.395 e. The molecule has 2 heterocycles. The number of rotatable bonds is 5. The molecule has 2 saturated heterocycles. The Morgan fingerprint density at radius 3 is 2.44 bits per heavy atom. The number of nitrogens with one attached hydrogen (secondary N) is 1. The molecule has 3 rings (SSSR count). The summed E-state index contributed by atoms with van der Waals surface area (Å²) in [5, 5.41) is 12.7. The highest BCUT2D eigenvalue weighted by Gasteiger charge is 2.66. The second kappa shape index (κ2) is 7.31. The van der Waals surface area contributed by atoms with Crippen LogP contribution < -0.4 is 5.32 Å². The zero-order valence-electron chi connectivity index (χ0n) is 15.5. The van der Waals surface area contributed by atoms with Crippen molar-refractivity contribution in [2.75, 3.05) is 26.2 Å². The monoisotopic (exact) mass is 385 g/mol. The van der Waals surface area contributed by atoms with E-state index in [1.54, 1.807) is 9.80 Å². The molecule has 1 aromatic rings. The van der Waals surface area contributed by atoms with E-state index in [1.807, 2.05) is 44.2 Å². The first-order chi connectivity index (χ1) is 12.7. The number of halogens is 3. The van der Waals surface area contributed by atoms with E-state index in [9.17, 15) is 23.1 Å². The molecule has 2 aliphatic rings. The standard InChI is InChI=1S/C19H26F3N3O2/c1-13(2)23-17(27)24-11-18(12-24)16(14-6-4-3-5-7-14)15(10-26)25(18)9-8-19(20,21)22/h3-7,13,15-16,26H,8-12H2,1-2H3,(H,23,27)/t15-,16+/m0/s1. The summed E-state index contributed by atoms with van der Waals surface area (Å²) in [4.78, 5) is 15.6. The minimum absolute atomic E-state index is 0.00752. The van der Waals surface area contributed by atoms with E-state index in [0.29, 0.717) is 13.1 Å². The maximum absolute atomic E-state index is 12.8. The van der Waals surface area contributed by atoms with Crippen molar-refractivity contribution in [3.63, 3.8) is 0 Å². The molecule has 150 valence electrons. The molecule has 1 aromatic carbocycles. The molecule has 2 fully saturated rings. The fraction of sp³-hybridized carbons (Fsp3) is 0.632. The van der Waals surface area contributed by atoms with Crippen LogP contribution in [0.3, 0.4) is 0 Å². The molecule has 0 radical (unpaired) electrons. The normalized spacial score (nSPS) is 24.6. The third kappa shape index (κ3) is 3.78. The second-order valence-electron chi connectivity index (χ2n) is 7.76. The minimum atomic E-state index is -4.25. The number of urea groups is 1. The van der Waals surface area contributed by atoms with Gasteiger partial charge in [0.15, 0.2) is 0 Å². The molecule has 2 N–H and O–H groups in total. The smallest absolute Gasteiger partial charge is 0.390 e. The van der Waals surface area contributed by atoms with E-state index >= 15 is 0 Å². The molecule has 0 aromatic heterocycles. The zero-order chi connectivity index (χ0) is 19.8. The number of carbonyl (C=O) groups excluding carboxylic acids is 1. The lowest BCUT2D eigenvalue weighted by atomic mass is 9.60.